The molecule has 1 heterocycles. The number of aryl methyl sites for hydroxylation is 1. The van der Waals surface area contributed by atoms with E-state index in [-0.39, 0.29) is 24.3 Å². The Morgan fingerprint density at radius 3 is 2.56 bits per heavy atom. The van der Waals surface area contributed by atoms with E-state index in [2.05, 4.69) is 14.7 Å². The van der Waals surface area contributed by atoms with Gasteiger partial charge in [0.2, 0.25) is 15.0 Å². The van der Waals surface area contributed by atoms with E-state index in [1.807, 2.05) is 0 Å². The van der Waals surface area contributed by atoms with Gasteiger partial charge in [-0.05, 0) is 25.3 Å². The highest BCUT2D eigenvalue weighted by atomic mass is 32.2. The zero-order chi connectivity index (χ0) is 19.8. The summed E-state index contributed by atoms with van der Waals surface area (Å²) < 4.78 is 70.0. The molecule has 0 aliphatic heterocycles. The topological polar surface area (TPSA) is 86.2 Å². The minimum absolute atomic E-state index is 0.0411. The average Bonchev–Trinajstić information content (AvgIpc) is 2.59. The van der Waals surface area contributed by atoms with Gasteiger partial charge in [-0.3, -0.25) is 4.79 Å². The SMILES string of the molecule is CCOC(=O)CS(=O)(=O)c1nc2c(c(C(F)(F)F)n1)CCc1ccccc1-2. The number of aromatic nitrogens is 2. The molecule has 0 fully saturated rings. The van der Waals surface area contributed by atoms with Gasteiger partial charge in [-0.25, -0.2) is 18.4 Å². The van der Waals surface area contributed by atoms with E-state index < -0.39 is 38.6 Å². The molecule has 3 rings (SSSR count). The van der Waals surface area contributed by atoms with Gasteiger partial charge in [-0.2, -0.15) is 13.2 Å². The molecule has 0 amide bonds. The number of carbonyl (C=O) groups excluding carboxylic acids is 1. The standard InChI is InChI=1S/C17H15F3N2O4S/c1-2-26-13(23)9-27(24,25)16-21-14-11-6-4-3-5-10(11)7-8-12(14)15(22-16)17(18,19)20/h3-6H,2,7-9H2,1H3. The third kappa shape index (κ3) is 3.80. The fraction of sp³-hybridized carbons (Fsp3) is 0.353. The largest absolute Gasteiger partial charge is 0.465 e. The van der Waals surface area contributed by atoms with Crippen LogP contribution in [-0.2, 0) is 38.4 Å². The quantitative estimate of drug-likeness (QED) is 0.579. The van der Waals surface area contributed by atoms with E-state index in [1.54, 1.807) is 24.3 Å². The molecule has 0 unspecified atom stereocenters. The van der Waals surface area contributed by atoms with Crippen LogP contribution < -0.4 is 0 Å². The number of nitrogens with zero attached hydrogens (tertiary/aromatic N) is 2. The molecule has 10 heteroatoms. The van der Waals surface area contributed by atoms with Gasteiger partial charge < -0.3 is 4.74 Å². The second-order valence-electron chi connectivity index (χ2n) is 5.90. The van der Waals surface area contributed by atoms with Crippen molar-refractivity contribution in [3.63, 3.8) is 0 Å². The van der Waals surface area contributed by atoms with E-state index in [0.717, 1.165) is 5.56 Å². The maximum absolute atomic E-state index is 13.5. The highest BCUT2D eigenvalue weighted by molar-refractivity contribution is 7.91. The van der Waals surface area contributed by atoms with Gasteiger partial charge >= 0.3 is 12.1 Å². The average molecular weight is 400 g/mol. The number of fused-ring (bicyclic) bond motifs is 3. The van der Waals surface area contributed by atoms with Crippen molar-refractivity contribution >= 4 is 15.8 Å². The van der Waals surface area contributed by atoms with Crippen molar-refractivity contribution in [3.8, 4) is 11.3 Å². The Labute approximate surface area is 153 Å². The number of sulfone groups is 1. The van der Waals surface area contributed by atoms with Gasteiger partial charge in [0.15, 0.2) is 11.4 Å². The third-order valence-electron chi connectivity index (χ3n) is 4.06. The van der Waals surface area contributed by atoms with Crippen molar-refractivity contribution in [2.45, 2.75) is 31.1 Å². The molecule has 1 aliphatic rings. The van der Waals surface area contributed by atoms with Crippen molar-refractivity contribution in [3.05, 3.63) is 41.1 Å². The second kappa shape index (κ2) is 6.91. The molecule has 0 N–H and O–H groups in total. The normalized spacial score (nSPS) is 13.6. The van der Waals surface area contributed by atoms with Crippen LogP contribution in [0.25, 0.3) is 11.3 Å². The Balaban J connectivity index is 2.20. The summed E-state index contributed by atoms with van der Waals surface area (Å²) >= 11 is 0. The molecule has 6 nitrogen and oxygen atoms in total. The Morgan fingerprint density at radius 1 is 1.19 bits per heavy atom. The summed E-state index contributed by atoms with van der Waals surface area (Å²) in [5.41, 5.74) is -0.299. The van der Waals surface area contributed by atoms with E-state index in [1.165, 1.54) is 6.92 Å². The first-order valence-corrected chi connectivity index (χ1v) is 9.73. The van der Waals surface area contributed by atoms with Crippen molar-refractivity contribution in [1.29, 1.82) is 0 Å². The van der Waals surface area contributed by atoms with E-state index in [0.29, 0.717) is 12.0 Å². The summed E-state index contributed by atoms with van der Waals surface area (Å²) in [4.78, 5) is 18.7. The number of halogens is 3. The van der Waals surface area contributed by atoms with Gasteiger partial charge in [0.25, 0.3) is 0 Å². The highest BCUT2D eigenvalue weighted by Crippen LogP contribution is 2.39. The Hall–Kier alpha value is -2.49. The molecule has 0 radical (unpaired) electrons. The summed E-state index contributed by atoms with van der Waals surface area (Å²) in [6.07, 6.45) is -4.45. The summed E-state index contributed by atoms with van der Waals surface area (Å²) in [6.45, 7) is 1.43. The second-order valence-corrected chi connectivity index (χ2v) is 7.78. The lowest BCUT2D eigenvalue weighted by atomic mass is 9.88. The molecule has 0 spiro atoms. The number of esters is 1. The molecule has 27 heavy (non-hydrogen) atoms. The predicted octanol–water partition coefficient (Wildman–Crippen LogP) is 2.60. The molecule has 0 bridgehead atoms. The fourth-order valence-electron chi connectivity index (χ4n) is 2.95. The fourth-order valence-corrected chi connectivity index (χ4v) is 3.93. The number of carbonyl (C=O) groups is 1. The van der Waals surface area contributed by atoms with Gasteiger partial charge in [0.05, 0.1) is 12.3 Å². The van der Waals surface area contributed by atoms with Crippen LogP contribution in [0.1, 0.15) is 23.7 Å². The van der Waals surface area contributed by atoms with E-state index in [9.17, 15) is 26.4 Å². The lowest BCUT2D eigenvalue weighted by Gasteiger charge is -2.22. The maximum atomic E-state index is 13.5. The summed E-state index contributed by atoms with van der Waals surface area (Å²) in [6, 6.07) is 6.72. The van der Waals surface area contributed by atoms with Crippen LogP contribution in [0.5, 0.6) is 0 Å². The molecule has 1 aromatic carbocycles. The van der Waals surface area contributed by atoms with Crippen molar-refractivity contribution in [2.75, 3.05) is 12.4 Å². The Bertz CT molecular complexity index is 1000. The van der Waals surface area contributed by atoms with Crippen LogP contribution in [0.2, 0.25) is 0 Å². The number of ether oxygens (including phenoxy) is 1. The van der Waals surface area contributed by atoms with Crippen molar-refractivity contribution in [1.82, 2.24) is 9.97 Å². The van der Waals surface area contributed by atoms with Crippen LogP contribution in [0.3, 0.4) is 0 Å². The van der Waals surface area contributed by atoms with Crippen LogP contribution >= 0.6 is 0 Å². The zero-order valence-corrected chi connectivity index (χ0v) is 15.0. The highest BCUT2D eigenvalue weighted by Gasteiger charge is 2.40. The third-order valence-corrected chi connectivity index (χ3v) is 5.42. The monoisotopic (exact) mass is 400 g/mol. The molecule has 0 saturated carbocycles. The zero-order valence-electron chi connectivity index (χ0n) is 14.2. The minimum Gasteiger partial charge on any atom is -0.465 e. The van der Waals surface area contributed by atoms with E-state index in [4.69, 9.17) is 0 Å². The van der Waals surface area contributed by atoms with Crippen LogP contribution in [-0.4, -0.2) is 36.7 Å². The molecule has 0 atom stereocenters. The lowest BCUT2D eigenvalue weighted by Crippen LogP contribution is -2.24. The number of alkyl halides is 3. The number of hydrogen-bond donors (Lipinski definition) is 0. The molecule has 1 aliphatic carbocycles. The molecular formula is C17H15F3N2O4S. The van der Waals surface area contributed by atoms with Crippen LogP contribution in [0.15, 0.2) is 29.4 Å². The van der Waals surface area contributed by atoms with Gasteiger partial charge in [0.1, 0.15) is 0 Å². The van der Waals surface area contributed by atoms with Crippen LogP contribution in [0.4, 0.5) is 13.2 Å². The Morgan fingerprint density at radius 2 is 1.89 bits per heavy atom. The smallest absolute Gasteiger partial charge is 0.433 e. The number of rotatable bonds is 4. The molecule has 0 saturated heterocycles. The van der Waals surface area contributed by atoms with Crippen LogP contribution in [0, 0.1) is 0 Å². The first-order chi connectivity index (χ1) is 12.6. The first kappa shape index (κ1) is 19.3. The van der Waals surface area contributed by atoms with Crippen molar-refractivity contribution in [2.24, 2.45) is 0 Å². The lowest BCUT2D eigenvalue weighted by molar-refractivity contribution is -0.142. The Kier molecular flexibility index (Phi) is 4.94. The first-order valence-electron chi connectivity index (χ1n) is 8.08. The maximum Gasteiger partial charge on any atom is 0.433 e. The van der Waals surface area contributed by atoms with Gasteiger partial charge in [-0.1, -0.05) is 24.3 Å². The predicted molar refractivity (Wildman–Crippen MR) is 88.6 cm³/mol. The molecule has 2 aromatic rings. The molecule has 144 valence electrons. The number of hydrogen-bond acceptors (Lipinski definition) is 6. The number of benzene rings is 1. The minimum atomic E-state index is -4.85. The van der Waals surface area contributed by atoms with Gasteiger partial charge in [-0.15, -0.1) is 0 Å². The van der Waals surface area contributed by atoms with Crippen molar-refractivity contribution < 1.29 is 31.1 Å². The summed E-state index contributed by atoms with van der Waals surface area (Å²) in [5, 5.41) is -1.03. The van der Waals surface area contributed by atoms with E-state index >= 15 is 0 Å². The summed E-state index contributed by atoms with van der Waals surface area (Å²) in [5.74, 6) is -2.20. The molecule has 1 aromatic heterocycles. The summed E-state index contributed by atoms with van der Waals surface area (Å²) in [7, 11) is -4.50. The molecular weight excluding hydrogens is 385 g/mol. The van der Waals surface area contributed by atoms with Gasteiger partial charge in [0, 0.05) is 11.1 Å².